The minimum Gasteiger partial charge on any atom is -0.339 e. The van der Waals surface area contributed by atoms with Gasteiger partial charge in [-0.3, -0.25) is 19.9 Å². The number of anilines is 1. The van der Waals surface area contributed by atoms with Gasteiger partial charge in [-0.2, -0.15) is 5.10 Å². The van der Waals surface area contributed by atoms with Crippen molar-refractivity contribution < 1.29 is 9.59 Å². The Bertz CT molecular complexity index is 1730. The van der Waals surface area contributed by atoms with E-state index in [9.17, 15) is 9.59 Å². The number of aromatic amines is 2. The summed E-state index contributed by atoms with van der Waals surface area (Å²) in [4.78, 5) is 52.8. The van der Waals surface area contributed by atoms with Crippen LogP contribution >= 0.6 is 0 Å². The Labute approximate surface area is 236 Å². The van der Waals surface area contributed by atoms with Crippen LogP contribution in [0.2, 0.25) is 0 Å². The van der Waals surface area contributed by atoms with Crippen molar-refractivity contribution in [2.75, 3.05) is 51.6 Å². The first-order valence-electron chi connectivity index (χ1n) is 13.6. The van der Waals surface area contributed by atoms with Gasteiger partial charge in [-0.15, -0.1) is 0 Å². The van der Waals surface area contributed by atoms with Gasteiger partial charge in [-0.25, -0.2) is 14.8 Å². The van der Waals surface area contributed by atoms with E-state index in [1.54, 1.807) is 35.9 Å². The van der Waals surface area contributed by atoms with E-state index in [0.29, 0.717) is 65.6 Å². The van der Waals surface area contributed by atoms with Crippen LogP contribution in [-0.2, 0) is 0 Å². The number of carbonyl (C=O) groups is 2. The van der Waals surface area contributed by atoms with E-state index in [2.05, 4.69) is 47.4 Å². The number of H-pyrrole nitrogens is 2. The number of nitrogens with zero attached hydrogens (tertiary/aromatic N) is 8. The van der Waals surface area contributed by atoms with Gasteiger partial charge < -0.3 is 25.0 Å². The second-order valence-electron chi connectivity index (χ2n) is 10.0. The molecule has 6 heterocycles. The van der Waals surface area contributed by atoms with Gasteiger partial charge in [0.25, 0.3) is 5.91 Å². The van der Waals surface area contributed by atoms with Gasteiger partial charge in [0.1, 0.15) is 11.2 Å². The SMILES string of the molecule is CCN(CC)C(=O)c1cncc2[nH]c(-c3n[nH]c4ncc(-c5cncc(NC(=O)N6CCN(C)CC6)c5)cc34)nc12. The summed E-state index contributed by atoms with van der Waals surface area (Å²) in [7, 11) is 2.05. The van der Waals surface area contributed by atoms with E-state index in [4.69, 9.17) is 4.98 Å². The number of hydrogen-bond acceptors (Lipinski definition) is 8. The molecule has 210 valence electrons. The van der Waals surface area contributed by atoms with E-state index in [-0.39, 0.29) is 11.9 Å². The first kappa shape index (κ1) is 26.3. The van der Waals surface area contributed by atoms with Crippen molar-refractivity contribution in [1.82, 2.24) is 49.8 Å². The highest BCUT2D eigenvalue weighted by molar-refractivity contribution is 6.05. The number of amides is 3. The number of piperazine rings is 1. The number of nitrogens with one attached hydrogen (secondary N) is 3. The predicted molar refractivity (Wildman–Crippen MR) is 155 cm³/mol. The van der Waals surface area contributed by atoms with E-state index in [1.165, 1.54) is 0 Å². The number of rotatable bonds is 6. The number of carbonyl (C=O) groups excluding carboxylic acids is 2. The molecule has 0 radical (unpaired) electrons. The van der Waals surface area contributed by atoms with Crippen LogP contribution < -0.4 is 5.32 Å². The Morgan fingerprint density at radius 1 is 0.976 bits per heavy atom. The van der Waals surface area contributed by atoms with E-state index < -0.39 is 0 Å². The summed E-state index contributed by atoms with van der Waals surface area (Å²) < 4.78 is 0. The normalized spacial score (nSPS) is 14.1. The third-order valence-electron chi connectivity index (χ3n) is 7.43. The summed E-state index contributed by atoms with van der Waals surface area (Å²) in [6.45, 7) is 8.13. The molecule has 0 atom stereocenters. The van der Waals surface area contributed by atoms with Crippen molar-refractivity contribution in [2.24, 2.45) is 0 Å². The van der Waals surface area contributed by atoms with Gasteiger partial charge in [0.2, 0.25) is 0 Å². The zero-order valence-corrected chi connectivity index (χ0v) is 23.2. The minimum atomic E-state index is -0.138. The molecule has 41 heavy (non-hydrogen) atoms. The van der Waals surface area contributed by atoms with Gasteiger partial charge in [0.15, 0.2) is 11.5 Å². The number of urea groups is 1. The van der Waals surface area contributed by atoms with Crippen molar-refractivity contribution in [3.63, 3.8) is 0 Å². The summed E-state index contributed by atoms with van der Waals surface area (Å²) in [5.41, 5.74) is 4.99. The lowest BCUT2D eigenvalue weighted by Gasteiger charge is -2.32. The molecule has 0 aliphatic carbocycles. The lowest BCUT2D eigenvalue weighted by atomic mass is 10.1. The van der Waals surface area contributed by atoms with E-state index >= 15 is 0 Å². The number of fused-ring (bicyclic) bond motifs is 2. The first-order chi connectivity index (χ1) is 19.9. The first-order valence-corrected chi connectivity index (χ1v) is 13.6. The summed E-state index contributed by atoms with van der Waals surface area (Å²) in [5, 5.41) is 11.2. The number of imidazole rings is 1. The quantitative estimate of drug-likeness (QED) is 0.290. The van der Waals surface area contributed by atoms with Crippen molar-refractivity contribution in [3.8, 4) is 22.6 Å². The molecule has 5 aromatic rings. The Balaban J connectivity index is 1.30. The fraction of sp³-hybridized carbons (Fsp3) is 0.321. The zero-order chi connectivity index (χ0) is 28.5. The summed E-state index contributed by atoms with van der Waals surface area (Å²) in [6.07, 6.45) is 8.30. The van der Waals surface area contributed by atoms with Crippen LogP contribution in [0.5, 0.6) is 0 Å². The van der Waals surface area contributed by atoms with Gasteiger partial charge in [0.05, 0.1) is 34.5 Å². The maximum atomic E-state index is 13.1. The highest BCUT2D eigenvalue weighted by Crippen LogP contribution is 2.30. The molecular weight excluding hydrogens is 522 g/mol. The predicted octanol–water partition coefficient (Wildman–Crippen LogP) is 3.22. The molecule has 0 saturated carbocycles. The van der Waals surface area contributed by atoms with Gasteiger partial charge >= 0.3 is 6.03 Å². The van der Waals surface area contributed by atoms with Crippen molar-refractivity contribution in [3.05, 3.63) is 48.7 Å². The van der Waals surface area contributed by atoms with Crippen LogP contribution in [0.1, 0.15) is 24.2 Å². The Morgan fingerprint density at radius 2 is 1.73 bits per heavy atom. The fourth-order valence-corrected chi connectivity index (χ4v) is 5.00. The lowest BCUT2D eigenvalue weighted by molar-refractivity contribution is 0.0774. The largest absolute Gasteiger partial charge is 0.339 e. The number of hydrogen-bond donors (Lipinski definition) is 3. The molecule has 5 aromatic heterocycles. The molecule has 0 unspecified atom stereocenters. The third-order valence-corrected chi connectivity index (χ3v) is 7.43. The Hall–Kier alpha value is -4.91. The minimum absolute atomic E-state index is 0.117. The molecule has 1 saturated heterocycles. The zero-order valence-electron chi connectivity index (χ0n) is 23.2. The maximum Gasteiger partial charge on any atom is 0.321 e. The van der Waals surface area contributed by atoms with E-state index in [0.717, 1.165) is 29.6 Å². The molecule has 1 fully saturated rings. The average Bonchev–Trinajstić information content (AvgIpc) is 3.62. The van der Waals surface area contributed by atoms with Crippen molar-refractivity contribution in [2.45, 2.75) is 13.8 Å². The molecule has 6 rings (SSSR count). The maximum absolute atomic E-state index is 13.1. The number of aromatic nitrogens is 7. The molecule has 0 bridgehead atoms. The fourth-order valence-electron chi connectivity index (χ4n) is 5.00. The standard InChI is InChI=1S/C28H31N11O2/c1-4-38(5-2)27(40)21-15-30-16-22-23(21)34-26(33-22)24-20-11-18(13-31-25(20)36-35-24)17-10-19(14-29-12-17)32-28(41)39-8-6-37(3)7-9-39/h10-16H,4-9H2,1-3H3,(H,32,41)(H,33,34)(H,31,35,36). The topological polar surface area (TPSA) is 152 Å². The Morgan fingerprint density at radius 3 is 2.51 bits per heavy atom. The summed E-state index contributed by atoms with van der Waals surface area (Å²) in [6, 6.07) is 3.69. The van der Waals surface area contributed by atoms with Gasteiger partial charge in [-0.05, 0) is 33.0 Å². The molecule has 13 heteroatoms. The summed E-state index contributed by atoms with van der Waals surface area (Å²) >= 11 is 0. The molecular formula is C28H31N11O2. The van der Waals surface area contributed by atoms with Crippen LogP contribution in [0.15, 0.2) is 43.1 Å². The summed E-state index contributed by atoms with van der Waals surface area (Å²) in [5.74, 6) is 0.382. The van der Waals surface area contributed by atoms with Crippen LogP contribution in [0.4, 0.5) is 10.5 Å². The number of likely N-dealkylation sites (N-methyl/N-ethyl adjacent to an activating group) is 1. The smallest absolute Gasteiger partial charge is 0.321 e. The highest BCUT2D eigenvalue weighted by Gasteiger charge is 2.22. The number of pyridine rings is 3. The molecule has 0 aromatic carbocycles. The molecule has 1 aliphatic rings. The molecule has 3 N–H and O–H groups in total. The second-order valence-corrected chi connectivity index (χ2v) is 10.0. The molecule has 1 aliphatic heterocycles. The van der Waals surface area contributed by atoms with Crippen LogP contribution in [0.3, 0.4) is 0 Å². The van der Waals surface area contributed by atoms with E-state index in [1.807, 2.05) is 30.9 Å². The molecule has 0 spiro atoms. The second kappa shape index (κ2) is 10.9. The van der Waals surface area contributed by atoms with Crippen LogP contribution in [-0.4, -0.2) is 108 Å². The van der Waals surface area contributed by atoms with Gasteiger partial charge in [-0.1, -0.05) is 0 Å². The highest BCUT2D eigenvalue weighted by atomic mass is 16.2. The average molecular weight is 554 g/mol. The molecule has 3 amide bonds. The third kappa shape index (κ3) is 5.07. The van der Waals surface area contributed by atoms with Crippen LogP contribution in [0, 0.1) is 0 Å². The van der Waals surface area contributed by atoms with Crippen molar-refractivity contribution in [1.29, 1.82) is 0 Å². The van der Waals surface area contributed by atoms with Crippen molar-refractivity contribution >= 4 is 39.7 Å². The van der Waals surface area contributed by atoms with Gasteiger partial charge in [0, 0.05) is 69.0 Å². The Kier molecular flexibility index (Phi) is 7.01. The lowest BCUT2D eigenvalue weighted by Crippen LogP contribution is -2.48. The van der Waals surface area contributed by atoms with Crippen LogP contribution in [0.25, 0.3) is 44.7 Å². The molecule has 13 nitrogen and oxygen atoms in total. The monoisotopic (exact) mass is 553 g/mol.